The molecule has 0 bridgehead atoms. The Morgan fingerprint density at radius 3 is 2.78 bits per heavy atom. The van der Waals surface area contributed by atoms with Gasteiger partial charge in [0.05, 0.1) is 23.9 Å². The third-order valence-corrected chi connectivity index (χ3v) is 3.53. The first-order chi connectivity index (χ1) is 8.75. The fourth-order valence-electron chi connectivity index (χ4n) is 1.96. The zero-order valence-electron chi connectivity index (χ0n) is 9.49. The molecule has 2 aromatic rings. The van der Waals surface area contributed by atoms with Crippen molar-refractivity contribution in [3.8, 4) is 11.4 Å². The summed E-state index contributed by atoms with van der Waals surface area (Å²) >= 11 is 12.3. The van der Waals surface area contributed by atoms with Crippen LogP contribution in [0.1, 0.15) is 11.3 Å². The van der Waals surface area contributed by atoms with Gasteiger partial charge in [-0.1, -0.05) is 35.3 Å². The fraction of sp³-hybridized carbons (Fsp3) is 0.231. The number of rotatable bonds is 1. The van der Waals surface area contributed by atoms with E-state index in [0.717, 1.165) is 23.2 Å². The van der Waals surface area contributed by atoms with Crippen LogP contribution in [0.15, 0.2) is 24.3 Å². The highest BCUT2D eigenvalue weighted by atomic mass is 35.5. The van der Waals surface area contributed by atoms with Crippen molar-refractivity contribution in [2.24, 2.45) is 0 Å². The Balaban J connectivity index is 2.14. The minimum absolute atomic E-state index is 0.453. The van der Waals surface area contributed by atoms with Gasteiger partial charge in [0.15, 0.2) is 5.82 Å². The van der Waals surface area contributed by atoms with E-state index in [1.165, 1.54) is 0 Å². The largest absolute Gasteiger partial charge is 0.376 e. The molecule has 3 nitrogen and oxygen atoms in total. The Kier molecular flexibility index (Phi) is 3.20. The van der Waals surface area contributed by atoms with E-state index in [0.29, 0.717) is 29.2 Å². The summed E-state index contributed by atoms with van der Waals surface area (Å²) in [6.45, 7) is 1.15. The highest BCUT2D eigenvalue weighted by Crippen LogP contribution is 2.29. The summed E-state index contributed by atoms with van der Waals surface area (Å²) in [4.78, 5) is 8.85. The number of ether oxygens (including phenoxy) is 1. The second-order valence-electron chi connectivity index (χ2n) is 4.05. The van der Waals surface area contributed by atoms with Gasteiger partial charge in [0, 0.05) is 17.5 Å². The minimum atomic E-state index is 0.453. The summed E-state index contributed by atoms with van der Waals surface area (Å²) in [5.74, 6) is 0.575. The van der Waals surface area contributed by atoms with Crippen LogP contribution in [0.3, 0.4) is 0 Å². The quantitative estimate of drug-likeness (QED) is 0.750. The summed E-state index contributed by atoms with van der Waals surface area (Å²) in [5, 5.41) is 1.08. The molecule has 0 fully saturated rings. The van der Waals surface area contributed by atoms with Gasteiger partial charge in [0.25, 0.3) is 0 Å². The molecule has 1 aromatic carbocycles. The van der Waals surface area contributed by atoms with Crippen molar-refractivity contribution in [2.75, 3.05) is 6.61 Å². The van der Waals surface area contributed by atoms with Crippen molar-refractivity contribution < 1.29 is 4.74 Å². The van der Waals surface area contributed by atoms with Gasteiger partial charge in [-0.25, -0.2) is 9.97 Å². The molecule has 1 aliphatic heterocycles. The standard InChI is InChI=1S/C13H10Cl2N2O/c14-10-4-2-1-3-8(10)13-16-11-5-6-18-7-9(11)12(15)17-13/h1-4H,5-7H2. The van der Waals surface area contributed by atoms with E-state index in [2.05, 4.69) is 9.97 Å². The number of nitrogens with zero attached hydrogens (tertiary/aromatic N) is 2. The van der Waals surface area contributed by atoms with Gasteiger partial charge in [0.2, 0.25) is 0 Å². The van der Waals surface area contributed by atoms with Crippen molar-refractivity contribution in [1.29, 1.82) is 0 Å². The van der Waals surface area contributed by atoms with Crippen LogP contribution in [0.5, 0.6) is 0 Å². The van der Waals surface area contributed by atoms with Crippen LogP contribution in [0.2, 0.25) is 10.2 Å². The highest BCUT2D eigenvalue weighted by Gasteiger charge is 2.18. The molecule has 0 saturated heterocycles. The monoisotopic (exact) mass is 280 g/mol. The predicted octanol–water partition coefficient (Wildman–Crippen LogP) is 3.52. The number of hydrogen-bond donors (Lipinski definition) is 0. The molecule has 0 amide bonds. The van der Waals surface area contributed by atoms with Crippen LogP contribution in [0.4, 0.5) is 0 Å². The molecule has 0 unspecified atom stereocenters. The Hall–Kier alpha value is -1.16. The zero-order valence-corrected chi connectivity index (χ0v) is 11.0. The molecule has 2 heterocycles. The molecule has 0 radical (unpaired) electrons. The second-order valence-corrected chi connectivity index (χ2v) is 4.81. The van der Waals surface area contributed by atoms with Crippen molar-refractivity contribution >= 4 is 23.2 Å². The summed E-state index contributed by atoms with van der Waals surface area (Å²) < 4.78 is 5.36. The van der Waals surface area contributed by atoms with Crippen LogP contribution >= 0.6 is 23.2 Å². The Morgan fingerprint density at radius 2 is 1.94 bits per heavy atom. The van der Waals surface area contributed by atoms with Crippen molar-refractivity contribution in [2.45, 2.75) is 13.0 Å². The van der Waals surface area contributed by atoms with Crippen molar-refractivity contribution in [3.05, 3.63) is 45.7 Å². The summed E-state index contributed by atoms with van der Waals surface area (Å²) in [5.41, 5.74) is 2.64. The molecule has 92 valence electrons. The van der Waals surface area contributed by atoms with Crippen molar-refractivity contribution in [1.82, 2.24) is 9.97 Å². The molecular formula is C13H10Cl2N2O. The Morgan fingerprint density at radius 1 is 1.11 bits per heavy atom. The lowest BCUT2D eigenvalue weighted by atomic mass is 10.1. The molecule has 5 heteroatoms. The fourth-order valence-corrected chi connectivity index (χ4v) is 2.42. The lowest BCUT2D eigenvalue weighted by molar-refractivity contribution is 0.109. The van der Waals surface area contributed by atoms with E-state index in [-0.39, 0.29) is 0 Å². The first kappa shape index (κ1) is 11.9. The van der Waals surface area contributed by atoms with Crippen LogP contribution in [0, 0.1) is 0 Å². The lowest BCUT2D eigenvalue weighted by Gasteiger charge is -2.17. The Bertz CT molecular complexity index is 602. The van der Waals surface area contributed by atoms with E-state index in [9.17, 15) is 0 Å². The number of fused-ring (bicyclic) bond motifs is 1. The lowest BCUT2D eigenvalue weighted by Crippen LogP contribution is -2.14. The van der Waals surface area contributed by atoms with Gasteiger partial charge in [-0.15, -0.1) is 0 Å². The van der Waals surface area contributed by atoms with Crippen LogP contribution in [-0.4, -0.2) is 16.6 Å². The second kappa shape index (κ2) is 4.84. The van der Waals surface area contributed by atoms with Gasteiger partial charge in [-0.3, -0.25) is 0 Å². The maximum Gasteiger partial charge on any atom is 0.162 e. The minimum Gasteiger partial charge on any atom is -0.376 e. The first-order valence-corrected chi connectivity index (χ1v) is 6.39. The van der Waals surface area contributed by atoms with E-state index >= 15 is 0 Å². The van der Waals surface area contributed by atoms with Crippen molar-refractivity contribution in [3.63, 3.8) is 0 Å². The van der Waals surface area contributed by atoms with Gasteiger partial charge in [-0.05, 0) is 12.1 Å². The average Bonchev–Trinajstić information content (AvgIpc) is 2.39. The average molecular weight is 281 g/mol. The van der Waals surface area contributed by atoms with Crippen LogP contribution in [0.25, 0.3) is 11.4 Å². The normalized spacial score (nSPS) is 14.3. The predicted molar refractivity (Wildman–Crippen MR) is 70.8 cm³/mol. The van der Waals surface area contributed by atoms with E-state index in [1.807, 2.05) is 24.3 Å². The molecular weight excluding hydrogens is 271 g/mol. The topological polar surface area (TPSA) is 35.0 Å². The zero-order chi connectivity index (χ0) is 12.5. The van der Waals surface area contributed by atoms with Gasteiger partial charge in [0.1, 0.15) is 5.15 Å². The number of benzene rings is 1. The molecule has 18 heavy (non-hydrogen) atoms. The smallest absolute Gasteiger partial charge is 0.162 e. The number of hydrogen-bond acceptors (Lipinski definition) is 3. The van der Waals surface area contributed by atoms with Crippen LogP contribution < -0.4 is 0 Å². The maximum absolute atomic E-state index is 6.18. The van der Waals surface area contributed by atoms with Gasteiger partial charge < -0.3 is 4.74 Å². The molecule has 0 aliphatic carbocycles. The third kappa shape index (κ3) is 2.09. The summed E-state index contributed by atoms with van der Waals surface area (Å²) in [6.07, 6.45) is 0.759. The summed E-state index contributed by atoms with van der Waals surface area (Å²) in [7, 11) is 0. The van der Waals surface area contributed by atoms with E-state index in [4.69, 9.17) is 27.9 Å². The van der Waals surface area contributed by atoms with E-state index in [1.54, 1.807) is 0 Å². The Labute approximate surface area is 115 Å². The number of aromatic nitrogens is 2. The van der Waals surface area contributed by atoms with Gasteiger partial charge in [-0.2, -0.15) is 0 Å². The third-order valence-electron chi connectivity index (χ3n) is 2.89. The summed E-state index contributed by atoms with van der Waals surface area (Å²) in [6, 6.07) is 7.48. The van der Waals surface area contributed by atoms with Gasteiger partial charge >= 0.3 is 0 Å². The van der Waals surface area contributed by atoms with Crippen LogP contribution in [-0.2, 0) is 17.8 Å². The van der Waals surface area contributed by atoms with E-state index < -0.39 is 0 Å². The molecule has 1 aromatic heterocycles. The highest BCUT2D eigenvalue weighted by molar-refractivity contribution is 6.33. The first-order valence-electron chi connectivity index (χ1n) is 5.63. The molecule has 3 rings (SSSR count). The molecule has 0 spiro atoms. The molecule has 0 saturated carbocycles. The molecule has 0 N–H and O–H groups in total. The SMILES string of the molecule is Clc1ccccc1-c1nc(Cl)c2c(n1)CCOC2. The molecule has 0 atom stereocenters. The maximum atomic E-state index is 6.18. The number of halogens is 2. The molecule has 1 aliphatic rings.